The predicted octanol–water partition coefficient (Wildman–Crippen LogP) is 2.73. The van der Waals surface area contributed by atoms with E-state index in [-0.39, 0.29) is 34.2 Å². The Kier molecular flexibility index (Phi) is 5.79. The summed E-state index contributed by atoms with van der Waals surface area (Å²) in [4.78, 5) is 32.1. The van der Waals surface area contributed by atoms with Crippen LogP contribution in [0.1, 0.15) is 31.1 Å². The summed E-state index contributed by atoms with van der Waals surface area (Å²) in [7, 11) is 0. The number of aromatic nitrogens is 1. The molecule has 0 bridgehead atoms. The van der Waals surface area contributed by atoms with Gasteiger partial charge in [-0.2, -0.15) is 8.78 Å². The van der Waals surface area contributed by atoms with E-state index >= 15 is 0 Å². The molecule has 2 amide bonds. The predicted molar refractivity (Wildman–Crippen MR) is 88.0 cm³/mol. The molecule has 5 nitrogen and oxygen atoms in total. The van der Waals surface area contributed by atoms with Crippen LogP contribution in [0.25, 0.3) is 0 Å². The standard InChI is InChI=1S/C16H21F2N3O2S/c1-16(2,3)14(23)21-9-7-20(8-10-21)13(22)11-5-4-6-19-12(11)24-15(17)18/h4-6,15H,7-10H2,1-3H3. The van der Waals surface area contributed by atoms with Crippen LogP contribution < -0.4 is 0 Å². The molecule has 24 heavy (non-hydrogen) atoms. The number of hydrogen-bond acceptors (Lipinski definition) is 4. The van der Waals surface area contributed by atoms with Crippen molar-refractivity contribution in [2.45, 2.75) is 31.6 Å². The van der Waals surface area contributed by atoms with Gasteiger partial charge in [0.05, 0.1) is 5.56 Å². The first-order chi connectivity index (χ1) is 11.2. The largest absolute Gasteiger partial charge is 0.339 e. The Morgan fingerprint density at radius 1 is 1.17 bits per heavy atom. The van der Waals surface area contributed by atoms with Crippen LogP contribution in [0.2, 0.25) is 0 Å². The molecule has 1 aliphatic heterocycles. The zero-order chi connectivity index (χ0) is 17.9. The van der Waals surface area contributed by atoms with Gasteiger partial charge in [0.15, 0.2) is 0 Å². The first-order valence-electron chi connectivity index (χ1n) is 7.68. The number of alkyl halides is 2. The van der Waals surface area contributed by atoms with Gasteiger partial charge in [-0.25, -0.2) is 4.98 Å². The lowest BCUT2D eigenvalue weighted by Gasteiger charge is -2.37. The molecule has 0 N–H and O–H groups in total. The highest BCUT2D eigenvalue weighted by Gasteiger charge is 2.31. The maximum atomic E-state index is 12.6. The molecule has 0 spiro atoms. The first-order valence-corrected chi connectivity index (χ1v) is 8.56. The van der Waals surface area contributed by atoms with Gasteiger partial charge in [0.2, 0.25) is 5.91 Å². The normalized spacial score (nSPS) is 15.8. The van der Waals surface area contributed by atoms with Gasteiger partial charge in [0.1, 0.15) is 5.03 Å². The summed E-state index contributed by atoms with van der Waals surface area (Å²) in [6, 6.07) is 3.06. The maximum Gasteiger partial charge on any atom is 0.290 e. The van der Waals surface area contributed by atoms with E-state index in [0.717, 1.165) is 0 Å². The molecule has 1 aromatic rings. The van der Waals surface area contributed by atoms with Crippen LogP contribution in [0.3, 0.4) is 0 Å². The van der Waals surface area contributed by atoms with Crippen molar-refractivity contribution in [3.8, 4) is 0 Å². The molecule has 1 aromatic heterocycles. The average molecular weight is 357 g/mol. The number of nitrogens with zero attached hydrogens (tertiary/aromatic N) is 3. The van der Waals surface area contributed by atoms with Crippen molar-refractivity contribution in [2.75, 3.05) is 26.2 Å². The average Bonchev–Trinajstić information content (AvgIpc) is 2.53. The Morgan fingerprint density at radius 2 is 1.75 bits per heavy atom. The number of amides is 2. The molecule has 0 aromatic carbocycles. The summed E-state index contributed by atoms with van der Waals surface area (Å²) in [6.45, 7) is 7.23. The van der Waals surface area contributed by atoms with Crippen molar-refractivity contribution in [1.29, 1.82) is 0 Å². The van der Waals surface area contributed by atoms with Crippen LogP contribution >= 0.6 is 11.8 Å². The van der Waals surface area contributed by atoms with Crippen LogP contribution in [-0.4, -0.2) is 58.5 Å². The highest BCUT2D eigenvalue weighted by atomic mass is 32.2. The maximum absolute atomic E-state index is 12.6. The minimum Gasteiger partial charge on any atom is -0.339 e. The van der Waals surface area contributed by atoms with E-state index in [1.165, 1.54) is 12.3 Å². The number of piperazine rings is 1. The minimum atomic E-state index is -2.63. The Labute approximate surface area is 144 Å². The Balaban J connectivity index is 2.05. The smallest absolute Gasteiger partial charge is 0.290 e. The molecular formula is C16H21F2N3O2S. The van der Waals surface area contributed by atoms with Crippen molar-refractivity contribution in [3.63, 3.8) is 0 Å². The molecule has 132 valence electrons. The number of carbonyl (C=O) groups excluding carboxylic acids is 2. The number of carbonyl (C=O) groups is 2. The molecule has 2 heterocycles. The fraction of sp³-hybridized carbons (Fsp3) is 0.562. The van der Waals surface area contributed by atoms with Gasteiger partial charge < -0.3 is 9.80 Å². The lowest BCUT2D eigenvalue weighted by Crippen LogP contribution is -2.53. The van der Waals surface area contributed by atoms with E-state index in [2.05, 4.69) is 4.98 Å². The summed E-state index contributed by atoms with van der Waals surface area (Å²) >= 11 is 0.270. The second kappa shape index (κ2) is 7.46. The lowest BCUT2D eigenvalue weighted by atomic mass is 9.94. The Hall–Kier alpha value is -1.70. The minimum absolute atomic E-state index is 0.0331. The van der Waals surface area contributed by atoms with Gasteiger partial charge in [-0.1, -0.05) is 20.8 Å². The molecule has 8 heteroatoms. The number of rotatable bonds is 3. The number of halogens is 2. The summed E-state index contributed by atoms with van der Waals surface area (Å²) in [5, 5.41) is 0.0331. The quantitative estimate of drug-likeness (QED) is 0.781. The SMILES string of the molecule is CC(C)(C)C(=O)N1CCN(C(=O)c2cccnc2SC(F)F)CC1. The highest BCUT2D eigenvalue weighted by Crippen LogP contribution is 2.27. The second-order valence-corrected chi connectivity index (χ2v) is 7.55. The molecule has 1 saturated heterocycles. The third-order valence-corrected chi connectivity index (χ3v) is 4.42. The van der Waals surface area contributed by atoms with Crippen LogP contribution in [0.15, 0.2) is 23.4 Å². The topological polar surface area (TPSA) is 53.5 Å². The van der Waals surface area contributed by atoms with Crippen molar-refractivity contribution >= 4 is 23.6 Å². The number of pyridine rings is 1. The van der Waals surface area contributed by atoms with Gasteiger partial charge in [0, 0.05) is 37.8 Å². The van der Waals surface area contributed by atoms with Crippen molar-refractivity contribution < 1.29 is 18.4 Å². The Bertz CT molecular complexity index is 612. The molecule has 0 unspecified atom stereocenters. The van der Waals surface area contributed by atoms with Gasteiger partial charge in [-0.05, 0) is 23.9 Å². The van der Waals surface area contributed by atoms with Gasteiger partial charge in [-0.3, -0.25) is 9.59 Å². The van der Waals surface area contributed by atoms with Crippen LogP contribution in [0, 0.1) is 5.41 Å². The first kappa shape index (κ1) is 18.6. The lowest BCUT2D eigenvalue weighted by molar-refractivity contribution is -0.140. The van der Waals surface area contributed by atoms with Crippen LogP contribution in [0.4, 0.5) is 8.78 Å². The van der Waals surface area contributed by atoms with E-state index in [9.17, 15) is 18.4 Å². The van der Waals surface area contributed by atoms with Gasteiger partial charge in [-0.15, -0.1) is 0 Å². The zero-order valence-electron chi connectivity index (χ0n) is 14.0. The van der Waals surface area contributed by atoms with E-state index < -0.39 is 11.2 Å². The van der Waals surface area contributed by atoms with E-state index in [1.54, 1.807) is 15.9 Å². The molecule has 1 aliphatic rings. The monoisotopic (exact) mass is 357 g/mol. The molecule has 2 rings (SSSR count). The van der Waals surface area contributed by atoms with E-state index in [1.807, 2.05) is 20.8 Å². The summed E-state index contributed by atoms with van der Waals surface area (Å²) in [5.41, 5.74) is -0.283. The third kappa shape index (κ3) is 4.43. The van der Waals surface area contributed by atoms with E-state index in [4.69, 9.17) is 0 Å². The molecule has 0 atom stereocenters. The van der Waals surface area contributed by atoms with Gasteiger partial charge in [0.25, 0.3) is 11.7 Å². The zero-order valence-corrected chi connectivity index (χ0v) is 14.8. The van der Waals surface area contributed by atoms with Crippen LogP contribution in [0.5, 0.6) is 0 Å². The summed E-state index contributed by atoms with van der Waals surface area (Å²) in [5.74, 6) is -2.91. The number of hydrogen-bond donors (Lipinski definition) is 0. The molecule has 0 radical (unpaired) electrons. The van der Waals surface area contributed by atoms with Crippen molar-refractivity contribution in [1.82, 2.24) is 14.8 Å². The van der Waals surface area contributed by atoms with Crippen LogP contribution in [-0.2, 0) is 4.79 Å². The summed E-state index contributed by atoms with van der Waals surface area (Å²) in [6.07, 6.45) is 1.39. The fourth-order valence-corrected chi connectivity index (χ4v) is 3.06. The van der Waals surface area contributed by atoms with Crippen molar-refractivity contribution in [2.24, 2.45) is 5.41 Å². The molecule has 1 fully saturated rings. The van der Waals surface area contributed by atoms with E-state index in [0.29, 0.717) is 26.2 Å². The fourth-order valence-electron chi connectivity index (χ4n) is 2.49. The number of thioether (sulfide) groups is 1. The molecule has 0 aliphatic carbocycles. The Morgan fingerprint density at radius 3 is 2.29 bits per heavy atom. The van der Waals surface area contributed by atoms with Gasteiger partial charge >= 0.3 is 0 Å². The molecule has 0 saturated carbocycles. The third-order valence-electron chi connectivity index (χ3n) is 3.70. The highest BCUT2D eigenvalue weighted by molar-refractivity contribution is 7.99. The second-order valence-electron chi connectivity index (χ2n) is 6.57. The van der Waals surface area contributed by atoms with Crippen molar-refractivity contribution in [3.05, 3.63) is 23.9 Å². The summed E-state index contributed by atoms with van der Waals surface area (Å²) < 4.78 is 25.2. The molecular weight excluding hydrogens is 336 g/mol.